The predicted molar refractivity (Wildman–Crippen MR) is 111 cm³/mol. The number of rotatable bonds is 8. The Morgan fingerprint density at radius 2 is 2.00 bits per heavy atom. The lowest BCUT2D eigenvalue weighted by Gasteiger charge is -2.23. The zero-order valence-electron chi connectivity index (χ0n) is 18.0. The number of aliphatic hydroxyl groups is 1. The van der Waals surface area contributed by atoms with Crippen molar-refractivity contribution in [2.24, 2.45) is 0 Å². The molecule has 0 saturated carbocycles. The standard InChI is InChI=1S/C23H26FNO6/c1-13(2)30-11-5-10-25-20(18-8-6-14(3)31-18)19(22(27)23(25)28)21(26)16-12-15(24)7-9-17(16)29-4/h6-9,12-13,20,26H,5,10-11H2,1-4H3/b21-19+. The maximum Gasteiger partial charge on any atom is 0.295 e. The van der Waals surface area contributed by atoms with E-state index < -0.39 is 29.3 Å². The molecular formula is C23H26FNO6. The third-order valence-electron chi connectivity index (χ3n) is 4.98. The van der Waals surface area contributed by atoms with Crippen molar-refractivity contribution in [2.45, 2.75) is 39.3 Å². The molecule has 1 aromatic carbocycles. The molecule has 31 heavy (non-hydrogen) atoms. The first-order chi connectivity index (χ1) is 14.7. The summed E-state index contributed by atoms with van der Waals surface area (Å²) in [4.78, 5) is 27.1. The fourth-order valence-electron chi connectivity index (χ4n) is 3.57. The molecule has 0 aliphatic carbocycles. The van der Waals surface area contributed by atoms with Crippen LogP contribution in [0, 0.1) is 12.7 Å². The molecule has 2 aromatic rings. The van der Waals surface area contributed by atoms with Gasteiger partial charge in [-0.1, -0.05) is 0 Å². The molecule has 1 aliphatic rings. The number of aryl methyl sites for hydroxylation is 1. The molecule has 1 N–H and O–H groups in total. The fraction of sp³-hybridized carbons (Fsp3) is 0.391. The molecule has 1 amide bonds. The Kier molecular flexibility index (Phi) is 6.80. The van der Waals surface area contributed by atoms with Gasteiger partial charge in [0.1, 0.15) is 34.9 Å². The van der Waals surface area contributed by atoms with Crippen LogP contribution in [0.3, 0.4) is 0 Å². The highest BCUT2D eigenvalue weighted by molar-refractivity contribution is 6.46. The number of ketones is 1. The number of furan rings is 1. The number of hydrogen-bond acceptors (Lipinski definition) is 6. The summed E-state index contributed by atoms with van der Waals surface area (Å²) in [6, 6.07) is 5.99. The summed E-state index contributed by atoms with van der Waals surface area (Å²) in [6.07, 6.45) is 0.532. The van der Waals surface area contributed by atoms with Crippen LogP contribution in [0.2, 0.25) is 0 Å². The van der Waals surface area contributed by atoms with Gasteiger partial charge in [-0.3, -0.25) is 9.59 Å². The Balaban J connectivity index is 2.07. The van der Waals surface area contributed by atoms with Crippen LogP contribution in [-0.2, 0) is 14.3 Å². The number of halogens is 1. The van der Waals surface area contributed by atoms with Crippen molar-refractivity contribution in [1.29, 1.82) is 0 Å². The minimum absolute atomic E-state index is 0.0167. The minimum Gasteiger partial charge on any atom is -0.507 e. The molecule has 8 heteroatoms. The number of Topliss-reactive ketones (excluding diaryl/α,β-unsaturated/α-hetero) is 1. The van der Waals surface area contributed by atoms with Gasteiger partial charge in [0.15, 0.2) is 0 Å². The molecule has 1 aliphatic heterocycles. The molecule has 7 nitrogen and oxygen atoms in total. The molecule has 1 atom stereocenters. The van der Waals surface area contributed by atoms with E-state index in [4.69, 9.17) is 13.9 Å². The van der Waals surface area contributed by atoms with Crippen molar-refractivity contribution in [3.63, 3.8) is 0 Å². The normalized spacial score (nSPS) is 18.3. The maximum absolute atomic E-state index is 13.9. The number of benzene rings is 1. The van der Waals surface area contributed by atoms with Gasteiger partial charge in [0, 0.05) is 13.2 Å². The van der Waals surface area contributed by atoms with Gasteiger partial charge in [-0.15, -0.1) is 0 Å². The number of amides is 1. The van der Waals surface area contributed by atoms with Crippen LogP contribution in [0.15, 0.2) is 40.3 Å². The predicted octanol–water partition coefficient (Wildman–Crippen LogP) is 3.97. The van der Waals surface area contributed by atoms with E-state index in [1.807, 2.05) is 13.8 Å². The first-order valence-electron chi connectivity index (χ1n) is 10.0. The second-order valence-electron chi connectivity index (χ2n) is 7.56. The Morgan fingerprint density at radius 3 is 2.61 bits per heavy atom. The van der Waals surface area contributed by atoms with E-state index in [-0.39, 0.29) is 29.5 Å². The van der Waals surface area contributed by atoms with Crippen molar-refractivity contribution in [3.8, 4) is 5.75 Å². The third-order valence-corrected chi connectivity index (χ3v) is 4.98. The average Bonchev–Trinajstić information content (AvgIpc) is 3.26. The van der Waals surface area contributed by atoms with Crippen molar-refractivity contribution in [2.75, 3.05) is 20.3 Å². The Bertz CT molecular complexity index is 1010. The highest BCUT2D eigenvalue weighted by Gasteiger charge is 2.47. The molecule has 1 fully saturated rings. The van der Waals surface area contributed by atoms with Crippen LogP contribution in [0.5, 0.6) is 5.75 Å². The fourth-order valence-corrected chi connectivity index (χ4v) is 3.57. The topological polar surface area (TPSA) is 89.2 Å². The molecule has 2 heterocycles. The van der Waals surface area contributed by atoms with Crippen LogP contribution in [0.4, 0.5) is 4.39 Å². The van der Waals surface area contributed by atoms with E-state index in [0.717, 1.165) is 6.07 Å². The van der Waals surface area contributed by atoms with E-state index in [9.17, 15) is 19.1 Å². The molecule has 3 rings (SSSR count). The van der Waals surface area contributed by atoms with Crippen molar-refractivity contribution in [1.82, 2.24) is 4.90 Å². The van der Waals surface area contributed by atoms with E-state index in [0.29, 0.717) is 24.5 Å². The van der Waals surface area contributed by atoms with E-state index in [2.05, 4.69) is 0 Å². The number of likely N-dealkylation sites (tertiary alicyclic amines) is 1. The minimum atomic E-state index is -0.944. The van der Waals surface area contributed by atoms with Crippen LogP contribution in [0.25, 0.3) is 5.76 Å². The van der Waals surface area contributed by atoms with Gasteiger partial charge in [-0.25, -0.2) is 4.39 Å². The van der Waals surface area contributed by atoms with Crippen LogP contribution >= 0.6 is 0 Å². The summed E-state index contributed by atoms with van der Waals surface area (Å²) in [7, 11) is 1.37. The van der Waals surface area contributed by atoms with Crippen LogP contribution in [-0.4, -0.2) is 48.1 Å². The van der Waals surface area contributed by atoms with Gasteiger partial charge in [0.25, 0.3) is 11.7 Å². The molecule has 0 bridgehead atoms. The summed E-state index contributed by atoms with van der Waals surface area (Å²) < 4.78 is 30.3. The van der Waals surface area contributed by atoms with Gasteiger partial charge in [-0.05, 0) is 57.5 Å². The summed E-state index contributed by atoms with van der Waals surface area (Å²) in [5.74, 6) is -1.68. The molecular weight excluding hydrogens is 405 g/mol. The van der Waals surface area contributed by atoms with Gasteiger partial charge >= 0.3 is 0 Å². The maximum atomic E-state index is 13.9. The lowest BCUT2D eigenvalue weighted by molar-refractivity contribution is -0.140. The summed E-state index contributed by atoms with van der Waals surface area (Å²) in [5.41, 5.74) is -0.190. The number of carbonyl (C=O) groups excluding carboxylic acids is 2. The Hall–Kier alpha value is -3.13. The van der Waals surface area contributed by atoms with E-state index in [1.165, 1.54) is 24.1 Å². The molecule has 1 unspecified atom stereocenters. The third kappa shape index (κ3) is 4.64. The van der Waals surface area contributed by atoms with Crippen molar-refractivity contribution < 1.29 is 33.0 Å². The first-order valence-corrected chi connectivity index (χ1v) is 10.0. The molecule has 1 saturated heterocycles. The molecule has 166 valence electrons. The number of methoxy groups -OCH3 is 1. The van der Waals surface area contributed by atoms with Gasteiger partial charge < -0.3 is 23.9 Å². The van der Waals surface area contributed by atoms with Crippen LogP contribution in [0.1, 0.15) is 43.4 Å². The number of carbonyl (C=O) groups is 2. The van der Waals surface area contributed by atoms with Crippen molar-refractivity contribution >= 4 is 17.4 Å². The first kappa shape index (κ1) is 22.6. The Labute approximate surface area is 180 Å². The lowest BCUT2D eigenvalue weighted by Crippen LogP contribution is -2.31. The number of hydrogen-bond donors (Lipinski definition) is 1. The molecule has 1 aromatic heterocycles. The van der Waals surface area contributed by atoms with Crippen LogP contribution < -0.4 is 4.74 Å². The quantitative estimate of drug-likeness (QED) is 0.294. The van der Waals surface area contributed by atoms with Crippen molar-refractivity contribution in [3.05, 3.63) is 58.8 Å². The average molecular weight is 431 g/mol. The number of nitrogens with zero attached hydrogens (tertiary/aromatic N) is 1. The molecule has 0 spiro atoms. The smallest absolute Gasteiger partial charge is 0.295 e. The van der Waals surface area contributed by atoms with Gasteiger partial charge in [0.2, 0.25) is 0 Å². The molecule has 0 radical (unpaired) electrons. The zero-order valence-corrected chi connectivity index (χ0v) is 18.0. The van der Waals surface area contributed by atoms with E-state index >= 15 is 0 Å². The van der Waals surface area contributed by atoms with Gasteiger partial charge in [0.05, 0.1) is 24.4 Å². The Morgan fingerprint density at radius 1 is 1.26 bits per heavy atom. The summed E-state index contributed by atoms with van der Waals surface area (Å²) in [5, 5.41) is 11.0. The zero-order chi connectivity index (χ0) is 22.7. The summed E-state index contributed by atoms with van der Waals surface area (Å²) >= 11 is 0. The number of aliphatic hydroxyl groups excluding tert-OH is 1. The second-order valence-corrected chi connectivity index (χ2v) is 7.56. The van der Waals surface area contributed by atoms with Gasteiger partial charge in [-0.2, -0.15) is 0 Å². The second kappa shape index (κ2) is 9.34. The lowest BCUT2D eigenvalue weighted by atomic mass is 9.98. The SMILES string of the molecule is COc1ccc(F)cc1/C(O)=C1\C(=O)C(=O)N(CCCOC(C)C)C1c1ccc(C)o1. The highest BCUT2D eigenvalue weighted by Crippen LogP contribution is 2.41. The number of ether oxygens (including phenoxy) is 2. The van der Waals surface area contributed by atoms with E-state index in [1.54, 1.807) is 19.1 Å². The summed E-state index contributed by atoms with van der Waals surface area (Å²) in [6.45, 7) is 6.18. The highest BCUT2D eigenvalue weighted by atomic mass is 19.1. The monoisotopic (exact) mass is 431 g/mol. The largest absolute Gasteiger partial charge is 0.507 e.